The van der Waals surface area contributed by atoms with Gasteiger partial charge < -0.3 is 5.32 Å². The van der Waals surface area contributed by atoms with Gasteiger partial charge in [0.25, 0.3) is 5.91 Å². The van der Waals surface area contributed by atoms with Crippen LogP contribution in [0.4, 0.5) is 0 Å². The number of hydrogen-bond acceptors (Lipinski definition) is 3. The van der Waals surface area contributed by atoms with E-state index in [1.807, 2.05) is 24.4 Å². The van der Waals surface area contributed by atoms with Crippen LogP contribution in [0.5, 0.6) is 0 Å². The molecule has 0 spiro atoms. The normalized spacial score (nSPS) is 10.2. The fourth-order valence-corrected chi connectivity index (χ4v) is 2.57. The van der Waals surface area contributed by atoms with Crippen molar-refractivity contribution in [3.63, 3.8) is 0 Å². The molecule has 0 atom stereocenters. The Morgan fingerprint density at radius 3 is 2.88 bits per heavy atom. The van der Waals surface area contributed by atoms with Gasteiger partial charge in [-0.1, -0.05) is 6.07 Å². The van der Waals surface area contributed by atoms with Crippen LogP contribution in [0, 0.1) is 6.92 Å². The Balaban J connectivity index is 2.01. The molecule has 0 unspecified atom stereocenters. The molecule has 1 aromatic carbocycles. The summed E-state index contributed by atoms with van der Waals surface area (Å²) in [6.07, 6.45) is 0. The first-order chi connectivity index (χ1) is 8.16. The molecule has 88 valence electrons. The molecule has 0 fully saturated rings. The lowest BCUT2D eigenvalue weighted by Gasteiger charge is -2.05. The van der Waals surface area contributed by atoms with Gasteiger partial charge in [0.2, 0.25) is 0 Å². The molecule has 17 heavy (non-hydrogen) atoms. The van der Waals surface area contributed by atoms with E-state index in [9.17, 15) is 4.79 Å². The highest BCUT2D eigenvalue weighted by molar-refractivity contribution is 7.80. The maximum absolute atomic E-state index is 11.9. The quantitative estimate of drug-likeness (QED) is 0.818. The highest BCUT2D eigenvalue weighted by Gasteiger charge is 2.06. The molecule has 2 nitrogen and oxygen atoms in total. The Kier molecular flexibility index (Phi) is 3.86. The minimum atomic E-state index is -0.0614. The number of thiophene rings is 1. The van der Waals surface area contributed by atoms with Gasteiger partial charge in [-0.3, -0.25) is 4.79 Å². The van der Waals surface area contributed by atoms with Crippen LogP contribution in [0.15, 0.2) is 40.6 Å². The molecule has 0 aliphatic rings. The number of nitrogens with one attached hydrogen (secondary N) is 1. The van der Waals surface area contributed by atoms with E-state index in [2.05, 4.69) is 24.0 Å². The molecule has 4 heteroatoms. The second-order valence-corrected chi connectivity index (χ2v) is 5.28. The molecule has 1 heterocycles. The van der Waals surface area contributed by atoms with Gasteiger partial charge in [0.1, 0.15) is 0 Å². The van der Waals surface area contributed by atoms with Crippen molar-refractivity contribution in [3.8, 4) is 0 Å². The van der Waals surface area contributed by atoms with Crippen LogP contribution in [0.2, 0.25) is 0 Å². The maximum atomic E-state index is 11.9. The van der Waals surface area contributed by atoms with Gasteiger partial charge in [-0.15, -0.1) is 24.0 Å². The van der Waals surface area contributed by atoms with Crippen LogP contribution < -0.4 is 5.32 Å². The zero-order valence-electron chi connectivity index (χ0n) is 9.43. The Morgan fingerprint density at radius 2 is 2.24 bits per heavy atom. The zero-order chi connectivity index (χ0) is 12.3. The third-order valence-electron chi connectivity index (χ3n) is 2.49. The Labute approximate surface area is 110 Å². The molecule has 0 radical (unpaired) electrons. The summed E-state index contributed by atoms with van der Waals surface area (Å²) in [5.41, 5.74) is 1.87. The third-order valence-corrected chi connectivity index (χ3v) is 3.79. The van der Waals surface area contributed by atoms with E-state index in [1.54, 1.807) is 23.5 Å². The number of carbonyl (C=O) groups excluding carboxylic acids is 1. The molecular weight excluding hydrogens is 250 g/mol. The largest absolute Gasteiger partial charge is 0.347 e. The van der Waals surface area contributed by atoms with Crippen molar-refractivity contribution in [3.05, 3.63) is 51.7 Å². The van der Waals surface area contributed by atoms with Gasteiger partial charge in [0, 0.05) is 15.3 Å². The topological polar surface area (TPSA) is 29.1 Å². The summed E-state index contributed by atoms with van der Waals surface area (Å²) in [7, 11) is 0. The third kappa shape index (κ3) is 3.11. The van der Waals surface area contributed by atoms with E-state index in [0.717, 1.165) is 4.90 Å². The fraction of sp³-hybridized carbons (Fsp3) is 0.154. The van der Waals surface area contributed by atoms with Gasteiger partial charge in [0.15, 0.2) is 0 Å². The van der Waals surface area contributed by atoms with E-state index in [0.29, 0.717) is 12.1 Å². The van der Waals surface area contributed by atoms with Crippen molar-refractivity contribution >= 4 is 29.9 Å². The van der Waals surface area contributed by atoms with Crippen molar-refractivity contribution < 1.29 is 4.79 Å². The Bertz CT molecular complexity index is 534. The lowest BCUT2D eigenvalue weighted by atomic mass is 10.2. The van der Waals surface area contributed by atoms with Gasteiger partial charge in [-0.05, 0) is 42.1 Å². The second kappa shape index (κ2) is 5.38. The highest BCUT2D eigenvalue weighted by atomic mass is 32.1. The summed E-state index contributed by atoms with van der Waals surface area (Å²) in [6, 6.07) is 9.29. The van der Waals surface area contributed by atoms with Crippen LogP contribution in [0.3, 0.4) is 0 Å². The molecule has 1 N–H and O–H groups in total. The minimum absolute atomic E-state index is 0.0614. The molecule has 0 saturated heterocycles. The van der Waals surface area contributed by atoms with Crippen LogP contribution in [0.1, 0.15) is 20.8 Å². The van der Waals surface area contributed by atoms with Gasteiger partial charge >= 0.3 is 0 Å². The summed E-state index contributed by atoms with van der Waals surface area (Å²) in [5, 5.41) is 4.94. The number of amides is 1. The van der Waals surface area contributed by atoms with Gasteiger partial charge in [-0.2, -0.15) is 0 Å². The molecule has 2 rings (SSSR count). The first-order valence-corrected chi connectivity index (χ1v) is 6.59. The summed E-state index contributed by atoms with van der Waals surface area (Å²) in [5.74, 6) is -0.0614. The molecule has 0 bridgehead atoms. The van der Waals surface area contributed by atoms with Crippen LogP contribution in [-0.4, -0.2) is 5.91 Å². The van der Waals surface area contributed by atoms with Crippen LogP contribution >= 0.6 is 24.0 Å². The molecule has 1 amide bonds. The predicted octanol–water partition coefficient (Wildman–Crippen LogP) is 3.28. The minimum Gasteiger partial charge on any atom is -0.347 e. The molecule has 1 aromatic heterocycles. The molecular formula is C13H13NOS2. The van der Waals surface area contributed by atoms with E-state index >= 15 is 0 Å². The second-order valence-electron chi connectivity index (χ2n) is 3.76. The highest BCUT2D eigenvalue weighted by Crippen LogP contribution is 2.15. The summed E-state index contributed by atoms with van der Waals surface area (Å²) < 4.78 is 0. The number of aryl methyl sites for hydroxylation is 1. The molecule has 0 aliphatic carbocycles. The SMILES string of the molecule is Cc1ccsc1CNC(=O)c1cccc(S)c1. The average Bonchev–Trinajstić information content (AvgIpc) is 2.72. The standard InChI is InChI=1S/C13H13NOS2/c1-9-5-6-17-12(9)8-14-13(15)10-3-2-4-11(16)7-10/h2-7,16H,8H2,1H3,(H,14,15). The van der Waals surface area contributed by atoms with Gasteiger partial charge in [0.05, 0.1) is 6.54 Å². The number of thiol groups is 1. The van der Waals surface area contributed by atoms with E-state index in [4.69, 9.17) is 0 Å². The first-order valence-electron chi connectivity index (χ1n) is 5.27. The van der Waals surface area contributed by atoms with Crippen LogP contribution in [0.25, 0.3) is 0 Å². The maximum Gasteiger partial charge on any atom is 0.251 e. The predicted molar refractivity (Wildman–Crippen MR) is 73.9 cm³/mol. The lowest BCUT2D eigenvalue weighted by molar-refractivity contribution is 0.0951. The van der Waals surface area contributed by atoms with Crippen molar-refractivity contribution in [1.82, 2.24) is 5.32 Å². The summed E-state index contributed by atoms with van der Waals surface area (Å²) in [4.78, 5) is 13.9. The number of hydrogen-bond donors (Lipinski definition) is 2. The molecule has 0 saturated carbocycles. The summed E-state index contributed by atoms with van der Waals surface area (Å²) >= 11 is 5.88. The van der Waals surface area contributed by atoms with Crippen LogP contribution in [-0.2, 0) is 6.54 Å². The number of carbonyl (C=O) groups is 1. The van der Waals surface area contributed by atoms with E-state index in [1.165, 1.54) is 10.4 Å². The average molecular weight is 263 g/mol. The van der Waals surface area contributed by atoms with Crippen molar-refractivity contribution in [2.75, 3.05) is 0 Å². The monoisotopic (exact) mass is 263 g/mol. The fourth-order valence-electron chi connectivity index (χ4n) is 1.49. The van der Waals surface area contributed by atoms with Crippen molar-refractivity contribution in [2.24, 2.45) is 0 Å². The number of rotatable bonds is 3. The lowest BCUT2D eigenvalue weighted by Crippen LogP contribution is -2.22. The van der Waals surface area contributed by atoms with Gasteiger partial charge in [-0.25, -0.2) is 0 Å². The first kappa shape index (κ1) is 12.2. The number of benzene rings is 1. The Hall–Kier alpha value is -1.26. The Morgan fingerprint density at radius 1 is 1.41 bits per heavy atom. The van der Waals surface area contributed by atoms with Crippen molar-refractivity contribution in [1.29, 1.82) is 0 Å². The molecule has 0 aliphatic heterocycles. The van der Waals surface area contributed by atoms with E-state index < -0.39 is 0 Å². The smallest absolute Gasteiger partial charge is 0.251 e. The summed E-state index contributed by atoms with van der Waals surface area (Å²) in [6.45, 7) is 2.63. The zero-order valence-corrected chi connectivity index (χ0v) is 11.1. The van der Waals surface area contributed by atoms with E-state index in [-0.39, 0.29) is 5.91 Å². The van der Waals surface area contributed by atoms with Crippen molar-refractivity contribution in [2.45, 2.75) is 18.4 Å². The molecule has 2 aromatic rings.